The number of piperidine rings is 1. The van der Waals surface area contributed by atoms with Gasteiger partial charge in [0.15, 0.2) is 0 Å². The van der Waals surface area contributed by atoms with E-state index in [2.05, 4.69) is 12.2 Å². The SMILES string of the molecule is CCCCc1ccc(NC(=O)[C@H]2CCCN(S(=O)(=O)c3cccs3)C2)cc1. The summed E-state index contributed by atoms with van der Waals surface area (Å²) in [5.41, 5.74) is 2.03. The Bertz CT molecular complexity index is 846. The van der Waals surface area contributed by atoms with E-state index in [4.69, 9.17) is 0 Å². The van der Waals surface area contributed by atoms with E-state index in [-0.39, 0.29) is 18.4 Å². The number of hydrogen-bond acceptors (Lipinski definition) is 4. The van der Waals surface area contributed by atoms with Crippen molar-refractivity contribution in [3.63, 3.8) is 0 Å². The van der Waals surface area contributed by atoms with Crippen LogP contribution in [0.3, 0.4) is 0 Å². The van der Waals surface area contributed by atoms with Crippen molar-refractivity contribution in [3.8, 4) is 0 Å². The quantitative estimate of drug-likeness (QED) is 0.752. The minimum absolute atomic E-state index is 0.109. The van der Waals surface area contributed by atoms with E-state index in [1.165, 1.54) is 21.2 Å². The fourth-order valence-electron chi connectivity index (χ4n) is 3.29. The fraction of sp³-hybridized carbons (Fsp3) is 0.450. The van der Waals surface area contributed by atoms with Gasteiger partial charge in [0.2, 0.25) is 5.91 Å². The molecule has 0 saturated carbocycles. The molecule has 1 amide bonds. The fourth-order valence-corrected chi connectivity index (χ4v) is 5.96. The summed E-state index contributed by atoms with van der Waals surface area (Å²) in [6.07, 6.45) is 4.76. The highest BCUT2D eigenvalue weighted by atomic mass is 32.2. The summed E-state index contributed by atoms with van der Waals surface area (Å²) in [5, 5.41) is 4.70. The molecule has 0 spiro atoms. The lowest BCUT2D eigenvalue weighted by Gasteiger charge is -2.30. The molecule has 1 atom stereocenters. The van der Waals surface area contributed by atoms with E-state index >= 15 is 0 Å². The maximum absolute atomic E-state index is 12.7. The number of thiophene rings is 1. The molecule has 27 heavy (non-hydrogen) atoms. The van der Waals surface area contributed by atoms with Crippen LogP contribution in [0, 0.1) is 5.92 Å². The van der Waals surface area contributed by atoms with Gasteiger partial charge in [-0.1, -0.05) is 31.5 Å². The second-order valence-electron chi connectivity index (χ2n) is 6.92. The summed E-state index contributed by atoms with van der Waals surface area (Å²) in [7, 11) is -3.50. The van der Waals surface area contributed by atoms with Gasteiger partial charge in [0, 0.05) is 18.8 Å². The molecule has 1 saturated heterocycles. The van der Waals surface area contributed by atoms with Gasteiger partial charge < -0.3 is 5.32 Å². The number of rotatable bonds is 7. The van der Waals surface area contributed by atoms with Crippen molar-refractivity contribution < 1.29 is 13.2 Å². The Labute approximate surface area is 165 Å². The van der Waals surface area contributed by atoms with Gasteiger partial charge in [0.05, 0.1) is 5.92 Å². The molecule has 2 heterocycles. The van der Waals surface area contributed by atoms with Crippen LogP contribution in [-0.2, 0) is 21.2 Å². The van der Waals surface area contributed by atoms with Crippen molar-refractivity contribution in [2.24, 2.45) is 5.92 Å². The third-order valence-electron chi connectivity index (χ3n) is 4.88. The van der Waals surface area contributed by atoms with Gasteiger partial charge in [0.1, 0.15) is 4.21 Å². The molecular formula is C20H26N2O3S2. The number of aryl methyl sites for hydroxylation is 1. The molecule has 1 aromatic heterocycles. The topological polar surface area (TPSA) is 66.5 Å². The molecule has 146 valence electrons. The van der Waals surface area contributed by atoms with E-state index in [0.717, 1.165) is 24.9 Å². The standard InChI is InChI=1S/C20H26N2O3S2/c1-2-3-6-16-9-11-18(12-10-16)21-20(23)17-7-4-13-22(15-17)27(24,25)19-8-5-14-26-19/h5,8-12,14,17H,2-4,6-7,13,15H2,1H3,(H,21,23)/t17-/m0/s1. The van der Waals surface area contributed by atoms with E-state index < -0.39 is 10.0 Å². The first-order chi connectivity index (χ1) is 13.0. The van der Waals surface area contributed by atoms with Crippen LogP contribution in [0.5, 0.6) is 0 Å². The summed E-state index contributed by atoms with van der Waals surface area (Å²) in [6.45, 7) is 2.87. The second-order valence-corrected chi connectivity index (χ2v) is 10.0. The van der Waals surface area contributed by atoms with Crippen molar-refractivity contribution in [2.45, 2.75) is 43.2 Å². The first-order valence-electron chi connectivity index (χ1n) is 9.44. The van der Waals surface area contributed by atoms with Gasteiger partial charge in [-0.3, -0.25) is 4.79 Å². The minimum atomic E-state index is -3.50. The normalized spacial score (nSPS) is 18.3. The number of nitrogens with one attached hydrogen (secondary N) is 1. The lowest BCUT2D eigenvalue weighted by molar-refractivity contribution is -0.120. The number of carbonyl (C=O) groups is 1. The number of unbranched alkanes of at least 4 members (excludes halogenated alkanes) is 1. The lowest BCUT2D eigenvalue weighted by Crippen LogP contribution is -2.43. The zero-order valence-electron chi connectivity index (χ0n) is 15.6. The van der Waals surface area contributed by atoms with Crippen LogP contribution in [0.4, 0.5) is 5.69 Å². The lowest BCUT2D eigenvalue weighted by atomic mass is 9.98. The number of benzene rings is 1. The Hall–Kier alpha value is -1.70. The molecule has 0 bridgehead atoms. The highest BCUT2D eigenvalue weighted by Crippen LogP contribution is 2.27. The number of carbonyl (C=O) groups excluding carboxylic acids is 1. The molecule has 0 aliphatic carbocycles. The zero-order valence-corrected chi connectivity index (χ0v) is 17.2. The van der Waals surface area contributed by atoms with E-state index in [9.17, 15) is 13.2 Å². The summed E-state index contributed by atoms with van der Waals surface area (Å²) in [5.74, 6) is -0.435. The van der Waals surface area contributed by atoms with Crippen molar-refractivity contribution >= 4 is 33.0 Å². The molecule has 0 radical (unpaired) electrons. The zero-order chi connectivity index (χ0) is 19.3. The molecule has 3 rings (SSSR count). The van der Waals surface area contributed by atoms with Gasteiger partial charge in [-0.15, -0.1) is 11.3 Å². The summed E-state index contributed by atoms with van der Waals surface area (Å²) in [4.78, 5) is 12.7. The number of amides is 1. The molecule has 1 aliphatic heterocycles. The van der Waals surface area contributed by atoms with Gasteiger partial charge in [0.25, 0.3) is 10.0 Å². The smallest absolute Gasteiger partial charge is 0.252 e. The second kappa shape index (κ2) is 8.99. The average Bonchev–Trinajstić information content (AvgIpc) is 3.23. The predicted molar refractivity (Wildman–Crippen MR) is 109 cm³/mol. The van der Waals surface area contributed by atoms with Gasteiger partial charge in [-0.2, -0.15) is 4.31 Å². The molecule has 5 nitrogen and oxygen atoms in total. The first-order valence-corrected chi connectivity index (χ1v) is 11.8. The number of anilines is 1. The maximum atomic E-state index is 12.7. The summed E-state index contributed by atoms with van der Waals surface area (Å²) in [6, 6.07) is 11.3. The summed E-state index contributed by atoms with van der Waals surface area (Å²) < 4.78 is 27.2. The van der Waals surface area contributed by atoms with Crippen LogP contribution in [0.2, 0.25) is 0 Å². The monoisotopic (exact) mass is 406 g/mol. The molecule has 0 unspecified atom stereocenters. The van der Waals surface area contributed by atoms with Gasteiger partial charge in [-0.25, -0.2) is 8.42 Å². The Morgan fingerprint density at radius 3 is 2.70 bits per heavy atom. The Balaban J connectivity index is 1.61. The van der Waals surface area contributed by atoms with E-state index in [1.807, 2.05) is 24.3 Å². The number of sulfonamides is 1. The highest BCUT2D eigenvalue weighted by Gasteiger charge is 2.33. The Morgan fingerprint density at radius 1 is 1.26 bits per heavy atom. The maximum Gasteiger partial charge on any atom is 0.252 e. The third-order valence-corrected chi connectivity index (χ3v) is 8.12. The van der Waals surface area contributed by atoms with Gasteiger partial charge in [-0.05, 0) is 54.8 Å². The molecule has 1 fully saturated rings. The van der Waals surface area contributed by atoms with Crippen LogP contribution >= 0.6 is 11.3 Å². The first kappa shape index (κ1) is 20.0. The predicted octanol–water partition coefficient (Wildman–Crippen LogP) is 4.13. The minimum Gasteiger partial charge on any atom is -0.326 e. The average molecular weight is 407 g/mol. The molecule has 7 heteroatoms. The molecular weight excluding hydrogens is 380 g/mol. The summed E-state index contributed by atoms with van der Waals surface area (Å²) >= 11 is 1.21. The number of nitrogens with zero attached hydrogens (tertiary/aromatic N) is 1. The molecule has 1 aliphatic rings. The van der Waals surface area contributed by atoms with Crippen molar-refractivity contribution in [3.05, 3.63) is 47.3 Å². The van der Waals surface area contributed by atoms with Crippen LogP contribution < -0.4 is 5.32 Å². The Kier molecular flexibility index (Phi) is 6.68. The number of hydrogen-bond donors (Lipinski definition) is 1. The van der Waals surface area contributed by atoms with Crippen molar-refractivity contribution in [1.82, 2.24) is 4.31 Å². The third kappa shape index (κ3) is 4.97. The Morgan fingerprint density at radius 2 is 2.04 bits per heavy atom. The van der Waals surface area contributed by atoms with Gasteiger partial charge >= 0.3 is 0 Å². The van der Waals surface area contributed by atoms with Crippen molar-refractivity contribution in [2.75, 3.05) is 18.4 Å². The van der Waals surface area contributed by atoms with E-state index in [0.29, 0.717) is 23.6 Å². The molecule has 1 aromatic carbocycles. The van der Waals surface area contributed by atoms with E-state index in [1.54, 1.807) is 17.5 Å². The highest BCUT2D eigenvalue weighted by molar-refractivity contribution is 7.91. The van der Waals surface area contributed by atoms with Crippen molar-refractivity contribution in [1.29, 1.82) is 0 Å². The molecule has 2 aromatic rings. The largest absolute Gasteiger partial charge is 0.326 e. The van der Waals surface area contributed by atoms with Crippen LogP contribution in [0.1, 0.15) is 38.2 Å². The molecule has 1 N–H and O–H groups in total. The van der Waals surface area contributed by atoms with Crippen LogP contribution in [-0.4, -0.2) is 31.7 Å². The van der Waals surface area contributed by atoms with Crippen LogP contribution in [0.15, 0.2) is 46.0 Å². The van der Waals surface area contributed by atoms with Crippen LogP contribution in [0.25, 0.3) is 0 Å².